The minimum atomic E-state index is -4.18. The molecule has 0 atom stereocenters. The van der Waals surface area contributed by atoms with Gasteiger partial charge < -0.3 is 10.6 Å². The minimum Gasteiger partial charge on any atom is -0.318 e. The SMILES string of the molecule is [N-]=[N+]=NS(=O)(=O)c1ccc(NC(=O)C(=O)Nc2ccc(S(=O)(=O)N=[N+]=[N-])cc2)cc1. The largest absolute Gasteiger partial charge is 0.318 e. The normalized spacial score (nSPS) is 10.8. The van der Waals surface area contributed by atoms with Crippen molar-refractivity contribution in [2.75, 3.05) is 10.6 Å². The first kappa shape index (κ1) is 22.2. The summed E-state index contributed by atoms with van der Waals surface area (Å²) in [4.78, 5) is 27.7. The van der Waals surface area contributed by atoms with Gasteiger partial charge in [0.1, 0.15) is 0 Å². The van der Waals surface area contributed by atoms with Gasteiger partial charge in [-0.3, -0.25) is 9.59 Å². The van der Waals surface area contributed by atoms with Crippen molar-refractivity contribution in [3.05, 3.63) is 69.4 Å². The summed E-state index contributed by atoms with van der Waals surface area (Å²) >= 11 is 0. The van der Waals surface area contributed by atoms with Crippen LogP contribution in [0, 0.1) is 0 Å². The lowest BCUT2D eigenvalue weighted by Gasteiger charge is -2.07. The zero-order chi connectivity index (χ0) is 22.4. The van der Waals surface area contributed by atoms with E-state index in [0.29, 0.717) is 0 Å². The lowest BCUT2D eigenvalue weighted by molar-refractivity contribution is -0.132. The van der Waals surface area contributed by atoms with Crippen molar-refractivity contribution in [2.24, 2.45) is 9.04 Å². The van der Waals surface area contributed by atoms with Crippen LogP contribution in [0.3, 0.4) is 0 Å². The smallest absolute Gasteiger partial charge is 0.314 e. The van der Waals surface area contributed by atoms with E-state index in [9.17, 15) is 26.4 Å². The molecule has 0 saturated heterocycles. The molecule has 0 radical (unpaired) electrons. The highest BCUT2D eigenvalue weighted by atomic mass is 32.2. The fourth-order valence-electron chi connectivity index (χ4n) is 1.99. The molecule has 2 rings (SSSR count). The molecule has 0 saturated carbocycles. The highest BCUT2D eigenvalue weighted by molar-refractivity contribution is 7.90. The molecule has 2 N–H and O–H groups in total. The van der Waals surface area contributed by atoms with Crippen LogP contribution in [-0.4, -0.2) is 28.6 Å². The zero-order valence-electron chi connectivity index (χ0n) is 14.6. The molecule has 2 aromatic rings. The van der Waals surface area contributed by atoms with Gasteiger partial charge in [0.15, 0.2) is 0 Å². The van der Waals surface area contributed by atoms with E-state index in [-0.39, 0.29) is 21.2 Å². The van der Waals surface area contributed by atoms with Gasteiger partial charge in [0.2, 0.25) is 0 Å². The molecule has 2 amide bonds. The first-order chi connectivity index (χ1) is 14.1. The molecule has 30 heavy (non-hydrogen) atoms. The Labute approximate surface area is 168 Å². The summed E-state index contributed by atoms with van der Waals surface area (Å²) in [6.07, 6.45) is 0. The summed E-state index contributed by atoms with van der Waals surface area (Å²) < 4.78 is 51.6. The second-order valence-electron chi connectivity index (χ2n) is 5.25. The van der Waals surface area contributed by atoms with Crippen LogP contribution >= 0.6 is 0 Å². The number of rotatable bonds is 6. The standard InChI is InChI=1S/C14H10N8O6S2/c15-19-21-29(25,26)11-5-1-9(2-6-11)17-13(23)14(24)18-10-3-7-12(8-4-10)30(27,28)22-20-16/h1-8H,(H,17,23)(H,18,24). The van der Waals surface area contributed by atoms with Crippen LogP contribution in [0.2, 0.25) is 0 Å². The van der Waals surface area contributed by atoms with Crippen LogP contribution in [0.15, 0.2) is 67.4 Å². The number of nitrogens with one attached hydrogen (secondary N) is 2. The van der Waals surface area contributed by atoms with Crippen LogP contribution in [0.25, 0.3) is 20.9 Å². The molecule has 0 aliphatic carbocycles. The van der Waals surface area contributed by atoms with Gasteiger partial charge in [-0.1, -0.05) is 0 Å². The molecule has 0 aromatic heterocycles. The number of hydrogen-bond donors (Lipinski definition) is 2. The summed E-state index contributed by atoms with van der Waals surface area (Å²) in [6, 6.07) is 9.00. The Morgan fingerprint density at radius 2 is 0.967 bits per heavy atom. The molecule has 0 bridgehead atoms. The van der Waals surface area contributed by atoms with E-state index in [1.54, 1.807) is 0 Å². The van der Waals surface area contributed by atoms with E-state index >= 15 is 0 Å². The zero-order valence-corrected chi connectivity index (χ0v) is 16.2. The molecule has 14 nitrogen and oxygen atoms in total. The van der Waals surface area contributed by atoms with Crippen molar-refractivity contribution < 1.29 is 26.4 Å². The second kappa shape index (κ2) is 8.93. The van der Waals surface area contributed by atoms with E-state index in [1.165, 1.54) is 24.3 Å². The number of carbonyl (C=O) groups excluding carboxylic acids is 2. The maximum atomic E-state index is 12.0. The Kier molecular flexibility index (Phi) is 6.61. The van der Waals surface area contributed by atoms with E-state index in [2.05, 4.69) is 29.5 Å². The molecule has 0 aliphatic heterocycles. The first-order valence-corrected chi connectivity index (χ1v) is 10.4. The third-order valence-corrected chi connectivity index (χ3v) is 5.63. The number of amides is 2. The molecular formula is C14H10N8O6S2. The van der Waals surface area contributed by atoms with Gasteiger partial charge in [0.05, 0.1) is 9.79 Å². The number of azide groups is 2. The third-order valence-electron chi connectivity index (χ3n) is 3.31. The van der Waals surface area contributed by atoms with Gasteiger partial charge in [-0.05, 0) is 59.6 Å². The van der Waals surface area contributed by atoms with E-state index < -0.39 is 31.9 Å². The second-order valence-corrected chi connectivity index (χ2v) is 8.42. The van der Waals surface area contributed by atoms with E-state index in [1.807, 2.05) is 0 Å². The van der Waals surface area contributed by atoms with Gasteiger partial charge in [-0.25, -0.2) is 16.8 Å². The summed E-state index contributed by atoms with van der Waals surface area (Å²) in [7, 11) is -8.37. The average molecular weight is 450 g/mol. The number of anilines is 2. The number of benzene rings is 2. The van der Waals surface area contributed by atoms with Crippen LogP contribution in [0.4, 0.5) is 11.4 Å². The maximum Gasteiger partial charge on any atom is 0.314 e. The van der Waals surface area contributed by atoms with Crippen molar-refractivity contribution in [1.82, 2.24) is 0 Å². The monoisotopic (exact) mass is 450 g/mol. The molecule has 0 spiro atoms. The Morgan fingerprint density at radius 1 is 0.667 bits per heavy atom. The molecule has 0 heterocycles. The number of sulfonamides is 2. The van der Waals surface area contributed by atoms with Crippen molar-refractivity contribution >= 4 is 43.2 Å². The molecule has 16 heteroatoms. The first-order valence-electron chi connectivity index (χ1n) is 7.54. The predicted octanol–water partition coefficient (Wildman–Crippen LogP) is 2.26. The predicted molar refractivity (Wildman–Crippen MR) is 103 cm³/mol. The topological polar surface area (TPSA) is 224 Å². The molecule has 0 aliphatic rings. The molecular weight excluding hydrogens is 440 g/mol. The van der Waals surface area contributed by atoms with Crippen molar-refractivity contribution in [3.8, 4) is 0 Å². The van der Waals surface area contributed by atoms with Gasteiger partial charge in [0.25, 0.3) is 20.0 Å². The quantitative estimate of drug-likeness (QED) is 0.290. The Bertz CT molecular complexity index is 1190. The maximum absolute atomic E-state index is 12.0. The fourth-order valence-corrected chi connectivity index (χ4v) is 3.33. The van der Waals surface area contributed by atoms with Crippen LogP contribution < -0.4 is 10.6 Å². The van der Waals surface area contributed by atoms with Gasteiger partial charge in [0, 0.05) is 30.2 Å². The highest BCUT2D eigenvalue weighted by Gasteiger charge is 2.17. The molecule has 154 valence electrons. The average Bonchev–Trinajstić information content (AvgIpc) is 2.68. The highest BCUT2D eigenvalue weighted by Crippen LogP contribution is 2.18. The molecule has 2 aromatic carbocycles. The third kappa shape index (κ3) is 5.46. The van der Waals surface area contributed by atoms with Crippen molar-refractivity contribution in [3.63, 3.8) is 0 Å². The number of hydrogen-bond acceptors (Lipinski definition) is 6. The Balaban J connectivity index is 2.06. The summed E-state index contributed by atoms with van der Waals surface area (Å²) in [5.74, 6) is -2.18. The van der Waals surface area contributed by atoms with Gasteiger partial charge in [-0.15, -0.1) is 0 Å². The van der Waals surface area contributed by atoms with Crippen molar-refractivity contribution in [1.29, 1.82) is 0 Å². The molecule has 0 unspecified atom stereocenters. The Hall–Kier alpha value is -4.10. The number of carbonyl (C=O) groups is 2. The molecule has 0 fully saturated rings. The lowest BCUT2D eigenvalue weighted by atomic mass is 10.3. The van der Waals surface area contributed by atoms with E-state index in [4.69, 9.17) is 11.1 Å². The van der Waals surface area contributed by atoms with Crippen LogP contribution in [0.1, 0.15) is 0 Å². The minimum absolute atomic E-state index is 0.0887. The number of nitrogens with zero attached hydrogens (tertiary/aromatic N) is 6. The Morgan fingerprint density at radius 3 is 1.23 bits per heavy atom. The van der Waals surface area contributed by atoms with Crippen LogP contribution in [-0.2, 0) is 29.6 Å². The van der Waals surface area contributed by atoms with Crippen LogP contribution in [0.5, 0.6) is 0 Å². The fraction of sp³-hybridized carbons (Fsp3) is 0. The van der Waals surface area contributed by atoms with E-state index in [0.717, 1.165) is 24.3 Å². The van der Waals surface area contributed by atoms with Gasteiger partial charge in [-0.2, -0.15) is 0 Å². The summed E-state index contributed by atoms with van der Waals surface area (Å²) in [5, 5.41) is 4.45. The van der Waals surface area contributed by atoms with Gasteiger partial charge >= 0.3 is 11.8 Å². The lowest BCUT2D eigenvalue weighted by Crippen LogP contribution is -2.29. The summed E-state index contributed by atoms with van der Waals surface area (Å²) in [5.41, 5.74) is 16.6. The van der Waals surface area contributed by atoms with Crippen molar-refractivity contribution in [2.45, 2.75) is 9.79 Å². The summed E-state index contributed by atoms with van der Waals surface area (Å²) in [6.45, 7) is 0.